The van der Waals surface area contributed by atoms with Crippen LogP contribution in [-0.2, 0) is 6.42 Å². The number of benzene rings is 1. The van der Waals surface area contributed by atoms with Gasteiger partial charge in [0.2, 0.25) is 0 Å². The summed E-state index contributed by atoms with van der Waals surface area (Å²) in [6.07, 6.45) is 1.03. The van der Waals surface area contributed by atoms with Gasteiger partial charge in [-0.05, 0) is 61.9 Å². The third-order valence-corrected chi connectivity index (χ3v) is 3.22. The maximum atomic E-state index is 6.06. The van der Waals surface area contributed by atoms with Crippen molar-refractivity contribution in [3.05, 3.63) is 27.8 Å². The highest BCUT2D eigenvalue weighted by molar-refractivity contribution is 5.62. The lowest BCUT2D eigenvalue weighted by molar-refractivity contribution is 1.07. The van der Waals surface area contributed by atoms with Crippen molar-refractivity contribution in [2.45, 2.75) is 41.0 Å². The summed E-state index contributed by atoms with van der Waals surface area (Å²) in [6.45, 7) is 10.8. The van der Waals surface area contributed by atoms with Crippen LogP contribution in [-0.4, -0.2) is 0 Å². The fourth-order valence-corrected chi connectivity index (χ4v) is 1.87. The molecule has 2 N–H and O–H groups in total. The van der Waals surface area contributed by atoms with Crippen molar-refractivity contribution in [1.29, 1.82) is 0 Å². The zero-order valence-corrected chi connectivity index (χ0v) is 9.28. The third-order valence-electron chi connectivity index (χ3n) is 3.22. The summed E-state index contributed by atoms with van der Waals surface area (Å²) in [5.41, 5.74) is 13.7. The maximum Gasteiger partial charge on any atom is 0.0381 e. The summed E-state index contributed by atoms with van der Waals surface area (Å²) in [7, 11) is 0. The van der Waals surface area contributed by atoms with Crippen molar-refractivity contribution in [3.63, 3.8) is 0 Å². The van der Waals surface area contributed by atoms with E-state index in [9.17, 15) is 0 Å². The molecule has 0 aliphatic rings. The van der Waals surface area contributed by atoms with E-state index < -0.39 is 0 Å². The molecule has 0 fully saturated rings. The number of rotatable bonds is 1. The summed E-state index contributed by atoms with van der Waals surface area (Å²) < 4.78 is 0. The topological polar surface area (TPSA) is 26.0 Å². The Bertz CT molecular complexity index is 308. The minimum atomic E-state index is 0.989. The highest BCUT2D eigenvalue weighted by atomic mass is 14.6. The van der Waals surface area contributed by atoms with E-state index >= 15 is 0 Å². The van der Waals surface area contributed by atoms with Crippen molar-refractivity contribution in [2.75, 3.05) is 5.73 Å². The van der Waals surface area contributed by atoms with Crippen molar-refractivity contribution in [1.82, 2.24) is 0 Å². The van der Waals surface area contributed by atoms with Crippen LogP contribution in [0.5, 0.6) is 0 Å². The summed E-state index contributed by atoms with van der Waals surface area (Å²) in [6, 6.07) is 0. The van der Waals surface area contributed by atoms with E-state index in [0.717, 1.165) is 12.1 Å². The van der Waals surface area contributed by atoms with Gasteiger partial charge in [-0.1, -0.05) is 6.92 Å². The fraction of sp³-hybridized carbons (Fsp3) is 0.500. The van der Waals surface area contributed by atoms with Crippen LogP contribution in [0.15, 0.2) is 0 Å². The van der Waals surface area contributed by atoms with Gasteiger partial charge in [-0.25, -0.2) is 0 Å². The van der Waals surface area contributed by atoms with E-state index in [1.165, 1.54) is 27.8 Å². The minimum absolute atomic E-state index is 0.989. The standard InChI is InChI=1S/C12H19N/c1-6-11-9(4)7(2)8(3)10(5)12(11)13/h6,13H2,1-5H3. The molecule has 1 nitrogen and oxygen atoms in total. The van der Waals surface area contributed by atoms with Crippen LogP contribution < -0.4 is 5.73 Å². The molecule has 1 aromatic rings. The van der Waals surface area contributed by atoms with Crippen LogP contribution in [0.3, 0.4) is 0 Å². The van der Waals surface area contributed by atoms with Gasteiger partial charge in [-0.15, -0.1) is 0 Å². The predicted octanol–water partition coefficient (Wildman–Crippen LogP) is 3.06. The molecule has 0 heterocycles. The average molecular weight is 177 g/mol. The van der Waals surface area contributed by atoms with Gasteiger partial charge >= 0.3 is 0 Å². The van der Waals surface area contributed by atoms with Gasteiger partial charge in [0.25, 0.3) is 0 Å². The monoisotopic (exact) mass is 177 g/mol. The number of hydrogen-bond acceptors (Lipinski definition) is 1. The molecule has 0 unspecified atom stereocenters. The molecule has 0 saturated heterocycles. The molecule has 0 aliphatic carbocycles. The number of anilines is 1. The second kappa shape index (κ2) is 3.41. The highest BCUT2D eigenvalue weighted by Crippen LogP contribution is 2.28. The molecule has 1 rings (SSSR count). The second-order valence-electron chi connectivity index (χ2n) is 3.75. The average Bonchev–Trinajstić information content (AvgIpc) is 2.13. The first-order valence-corrected chi connectivity index (χ1v) is 4.85. The SMILES string of the molecule is CCc1c(C)c(C)c(C)c(C)c1N. The molecule has 0 atom stereocenters. The summed E-state index contributed by atoms with van der Waals surface area (Å²) in [5, 5.41) is 0. The molecule has 13 heavy (non-hydrogen) atoms. The molecular weight excluding hydrogens is 158 g/mol. The molecule has 0 saturated carbocycles. The molecule has 0 bridgehead atoms. The predicted molar refractivity (Wildman–Crippen MR) is 59.2 cm³/mol. The van der Waals surface area contributed by atoms with Gasteiger partial charge in [-0.3, -0.25) is 0 Å². The lowest BCUT2D eigenvalue weighted by atomic mass is 9.91. The smallest absolute Gasteiger partial charge is 0.0381 e. The number of hydrogen-bond donors (Lipinski definition) is 1. The molecule has 0 spiro atoms. The van der Waals surface area contributed by atoms with E-state index in [1.54, 1.807) is 0 Å². The number of nitrogen functional groups attached to an aromatic ring is 1. The van der Waals surface area contributed by atoms with E-state index in [2.05, 4.69) is 34.6 Å². The Balaban J connectivity index is 3.56. The second-order valence-corrected chi connectivity index (χ2v) is 3.75. The maximum absolute atomic E-state index is 6.06. The molecule has 0 amide bonds. The number of nitrogens with two attached hydrogens (primary N) is 1. The van der Waals surface area contributed by atoms with Crippen molar-refractivity contribution in [2.24, 2.45) is 0 Å². The molecule has 0 aliphatic heterocycles. The zero-order valence-electron chi connectivity index (χ0n) is 9.28. The largest absolute Gasteiger partial charge is 0.398 e. The quantitative estimate of drug-likeness (QED) is 0.655. The first-order chi connectivity index (χ1) is 6.00. The van der Waals surface area contributed by atoms with Crippen molar-refractivity contribution in [3.8, 4) is 0 Å². The fourth-order valence-electron chi connectivity index (χ4n) is 1.87. The van der Waals surface area contributed by atoms with Crippen LogP contribution in [0.25, 0.3) is 0 Å². The van der Waals surface area contributed by atoms with Gasteiger partial charge in [0.1, 0.15) is 0 Å². The minimum Gasteiger partial charge on any atom is -0.398 e. The molecule has 0 aromatic heterocycles. The van der Waals surface area contributed by atoms with Crippen molar-refractivity contribution < 1.29 is 0 Å². The Morgan fingerprint density at radius 3 is 1.77 bits per heavy atom. The van der Waals surface area contributed by atoms with Crippen LogP contribution in [0.4, 0.5) is 5.69 Å². The molecule has 0 radical (unpaired) electrons. The Morgan fingerprint density at radius 1 is 0.846 bits per heavy atom. The van der Waals surface area contributed by atoms with Crippen LogP contribution in [0.2, 0.25) is 0 Å². The van der Waals surface area contributed by atoms with E-state index in [1.807, 2.05) is 0 Å². The van der Waals surface area contributed by atoms with E-state index in [0.29, 0.717) is 0 Å². The van der Waals surface area contributed by atoms with Crippen LogP contribution >= 0.6 is 0 Å². The zero-order chi connectivity index (χ0) is 10.2. The Hall–Kier alpha value is -0.980. The third kappa shape index (κ3) is 1.43. The molecular formula is C12H19N. The Kier molecular flexibility index (Phi) is 2.65. The van der Waals surface area contributed by atoms with E-state index in [-0.39, 0.29) is 0 Å². The molecule has 72 valence electrons. The lowest BCUT2D eigenvalue weighted by Gasteiger charge is -2.16. The van der Waals surface area contributed by atoms with Gasteiger partial charge in [-0.2, -0.15) is 0 Å². The van der Waals surface area contributed by atoms with Gasteiger partial charge in [0.05, 0.1) is 0 Å². The summed E-state index contributed by atoms with van der Waals surface area (Å²) in [5.74, 6) is 0. The lowest BCUT2D eigenvalue weighted by Crippen LogP contribution is -2.04. The van der Waals surface area contributed by atoms with Crippen LogP contribution in [0, 0.1) is 27.7 Å². The van der Waals surface area contributed by atoms with Gasteiger partial charge in [0, 0.05) is 5.69 Å². The highest BCUT2D eigenvalue weighted by Gasteiger charge is 2.10. The Labute approximate surface area is 81.0 Å². The van der Waals surface area contributed by atoms with Crippen molar-refractivity contribution >= 4 is 5.69 Å². The van der Waals surface area contributed by atoms with E-state index in [4.69, 9.17) is 5.73 Å². The Morgan fingerprint density at radius 2 is 1.31 bits per heavy atom. The van der Waals surface area contributed by atoms with Gasteiger partial charge in [0.15, 0.2) is 0 Å². The summed E-state index contributed by atoms with van der Waals surface area (Å²) in [4.78, 5) is 0. The molecule has 1 heteroatoms. The van der Waals surface area contributed by atoms with Gasteiger partial charge < -0.3 is 5.73 Å². The van der Waals surface area contributed by atoms with Crippen LogP contribution in [0.1, 0.15) is 34.7 Å². The first-order valence-electron chi connectivity index (χ1n) is 4.85. The first kappa shape index (κ1) is 10.1. The molecule has 1 aromatic carbocycles. The summed E-state index contributed by atoms with van der Waals surface area (Å²) >= 11 is 0. The normalized spacial score (nSPS) is 10.5.